The summed E-state index contributed by atoms with van der Waals surface area (Å²) < 4.78 is 22.5. The third kappa shape index (κ3) is 3.16. The van der Waals surface area contributed by atoms with Crippen molar-refractivity contribution >= 4 is 22.0 Å². The molecule has 1 atom stereocenters. The van der Waals surface area contributed by atoms with E-state index in [1.165, 1.54) is 12.1 Å². The zero-order valence-corrected chi connectivity index (χ0v) is 10.4. The monoisotopic (exact) mass is 267 g/mol. The Hall–Kier alpha value is -1.69. The summed E-state index contributed by atoms with van der Waals surface area (Å²) in [5.74, 6) is -0.663. The highest BCUT2D eigenvalue weighted by molar-refractivity contribution is 7.91. The summed E-state index contributed by atoms with van der Waals surface area (Å²) in [7, 11) is -2.91. The predicted octanol–water partition coefficient (Wildman–Crippen LogP) is 0.991. The molecule has 0 amide bonds. The van der Waals surface area contributed by atoms with Gasteiger partial charge in [-0.25, -0.2) is 13.2 Å². The summed E-state index contributed by atoms with van der Waals surface area (Å²) in [6, 6.07) is 6.12. The number of hydrogen-bond acceptors (Lipinski definition) is 4. The lowest BCUT2D eigenvalue weighted by molar-refractivity contribution is 0.0697. The van der Waals surface area contributed by atoms with Gasteiger partial charge in [0, 0.05) is 6.21 Å². The van der Waals surface area contributed by atoms with Crippen molar-refractivity contribution in [3.8, 4) is 0 Å². The highest BCUT2D eigenvalue weighted by Crippen LogP contribution is 2.14. The molecule has 1 saturated heterocycles. The molecule has 1 aliphatic rings. The van der Waals surface area contributed by atoms with E-state index in [4.69, 9.17) is 5.11 Å². The average Bonchev–Trinajstić information content (AvgIpc) is 2.67. The number of nitrogens with zero attached hydrogens (tertiary/aromatic N) is 1. The summed E-state index contributed by atoms with van der Waals surface area (Å²) >= 11 is 0. The molecule has 6 heteroatoms. The maximum atomic E-state index is 11.2. The Morgan fingerprint density at radius 1 is 1.33 bits per heavy atom. The first kappa shape index (κ1) is 12.8. The Morgan fingerprint density at radius 2 is 2.00 bits per heavy atom. The molecule has 2 rings (SSSR count). The molecule has 18 heavy (non-hydrogen) atoms. The van der Waals surface area contributed by atoms with Crippen LogP contribution in [-0.4, -0.2) is 43.3 Å². The second-order valence-corrected chi connectivity index (χ2v) is 6.49. The van der Waals surface area contributed by atoms with Gasteiger partial charge in [-0.15, -0.1) is 0 Å². The van der Waals surface area contributed by atoms with Gasteiger partial charge < -0.3 is 5.11 Å². The number of aliphatic imine (C=N–C) groups is 1. The van der Waals surface area contributed by atoms with E-state index < -0.39 is 15.8 Å². The van der Waals surface area contributed by atoms with Crippen molar-refractivity contribution in [1.29, 1.82) is 0 Å². The lowest BCUT2D eigenvalue weighted by Crippen LogP contribution is -2.07. The predicted molar refractivity (Wildman–Crippen MR) is 68.1 cm³/mol. The van der Waals surface area contributed by atoms with Gasteiger partial charge in [-0.3, -0.25) is 4.99 Å². The number of hydrogen-bond donors (Lipinski definition) is 1. The lowest BCUT2D eigenvalue weighted by Gasteiger charge is -2.00. The molecule has 1 heterocycles. The smallest absolute Gasteiger partial charge is 0.335 e. The molecule has 0 bridgehead atoms. The molecule has 0 saturated carbocycles. The average molecular weight is 267 g/mol. The maximum absolute atomic E-state index is 11.2. The minimum atomic E-state index is -2.91. The van der Waals surface area contributed by atoms with Gasteiger partial charge >= 0.3 is 5.97 Å². The largest absolute Gasteiger partial charge is 0.478 e. The van der Waals surface area contributed by atoms with Crippen molar-refractivity contribution in [2.45, 2.75) is 12.5 Å². The molecule has 96 valence electrons. The maximum Gasteiger partial charge on any atom is 0.335 e. The van der Waals surface area contributed by atoms with Crippen molar-refractivity contribution in [3.63, 3.8) is 0 Å². The first-order chi connectivity index (χ1) is 8.46. The van der Waals surface area contributed by atoms with Crippen molar-refractivity contribution in [1.82, 2.24) is 0 Å². The zero-order chi connectivity index (χ0) is 13.2. The van der Waals surface area contributed by atoms with Crippen molar-refractivity contribution in [3.05, 3.63) is 35.4 Å². The van der Waals surface area contributed by atoms with Crippen LogP contribution in [-0.2, 0) is 9.84 Å². The van der Waals surface area contributed by atoms with Crippen LogP contribution >= 0.6 is 0 Å². The molecule has 1 aliphatic heterocycles. The van der Waals surface area contributed by atoms with Crippen LogP contribution in [0.15, 0.2) is 29.3 Å². The number of benzene rings is 1. The van der Waals surface area contributed by atoms with Crippen LogP contribution in [0.4, 0.5) is 0 Å². The second kappa shape index (κ2) is 4.89. The van der Waals surface area contributed by atoms with Gasteiger partial charge in [0.15, 0.2) is 9.84 Å². The molecule has 1 aromatic rings. The fraction of sp³-hybridized carbons (Fsp3) is 0.333. The zero-order valence-electron chi connectivity index (χ0n) is 9.61. The van der Waals surface area contributed by atoms with E-state index >= 15 is 0 Å². The van der Waals surface area contributed by atoms with Gasteiger partial charge in [0.25, 0.3) is 0 Å². The van der Waals surface area contributed by atoms with E-state index in [1.807, 2.05) is 0 Å². The van der Waals surface area contributed by atoms with Crippen LogP contribution in [0, 0.1) is 0 Å². The van der Waals surface area contributed by atoms with Crippen LogP contribution in [0.25, 0.3) is 0 Å². The summed E-state index contributed by atoms with van der Waals surface area (Å²) in [5, 5.41) is 8.74. The van der Waals surface area contributed by atoms with Crippen LogP contribution in [0.3, 0.4) is 0 Å². The normalized spacial score (nSPS) is 22.3. The molecule has 0 radical (unpaired) electrons. The Labute approximate surface area is 105 Å². The second-order valence-electron chi connectivity index (χ2n) is 4.26. The number of aromatic carboxylic acids is 1. The molecule has 1 fully saturated rings. The number of rotatable bonds is 3. The summed E-state index contributed by atoms with van der Waals surface area (Å²) in [5.41, 5.74) is 0.986. The molecule has 0 spiro atoms. The van der Waals surface area contributed by atoms with E-state index in [-0.39, 0.29) is 23.1 Å². The van der Waals surface area contributed by atoms with Gasteiger partial charge in [0.05, 0.1) is 23.1 Å². The number of carbonyl (C=O) groups is 1. The van der Waals surface area contributed by atoms with Gasteiger partial charge in [-0.2, -0.15) is 0 Å². The van der Waals surface area contributed by atoms with E-state index in [0.717, 1.165) is 5.56 Å². The molecular weight excluding hydrogens is 254 g/mol. The van der Waals surface area contributed by atoms with E-state index in [9.17, 15) is 13.2 Å². The van der Waals surface area contributed by atoms with Crippen LogP contribution in [0.5, 0.6) is 0 Å². The third-order valence-electron chi connectivity index (χ3n) is 2.80. The third-order valence-corrected chi connectivity index (χ3v) is 4.55. The highest BCUT2D eigenvalue weighted by atomic mass is 32.2. The van der Waals surface area contributed by atoms with Crippen molar-refractivity contribution in [2.24, 2.45) is 4.99 Å². The number of carboxylic acids is 1. The first-order valence-corrected chi connectivity index (χ1v) is 7.35. The van der Waals surface area contributed by atoms with E-state index in [0.29, 0.717) is 6.42 Å². The Morgan fingerprint density at radius 3 is 2.50 bits per heavy atom. The van der Waals surface area contributed by atoms with Crippen LogP contribution < -0.4 is 0 Å². The van der Waals surface area contributed by atoms with Crippen molar-refractivity contribution < 1.29 is 18.3 Å². The fourth-order valence-electron chi connectivity index (χ4n) is 1.80. The topological polar surface area (TPSA) is 83.8 Å². The highest BCUT2D eigenvalue weighted by Gasteiger charge is 2.26. The van der Waals surface area contributed by atoms with Gasteiger partial charge in [-0.05, 0) is 24.1 Å². The molecule has 5 nitrogen and oxygen atoms in total. The molecule has 0 aliphatic carbocycles. The SMILES string of the molecule is O=C(O)c1ccc(C=N[C@H]2CCS(=O)(=O)C2)cc1. The van der Waals surface area contributed by atoms with Crippen LogP contribution in [0.2, 0.25) is 0 Å². The Kier molecular flexibility index (Phi) is 3.47. The quantitative estimate of drug-likeness (QED) is 0.828. The first-order valence-electron chi connectivity index (χ1n) is 5.53. The van der Waals surface area contributed by atoms with Gasteiger partial charge in [0.2, 0.25) is 0 Å². The molecule has 1 aromatic carbocycles. The minimum absolute atomic E-state index is 0.108. The summed E-state index contributed by atoms with van der Waals surface area (Å²) in [6.07, 6.45) is 2.16. The fourth-order valence-corrected chi connectivity index (χ4v) is 3.43. The van der Waals surface area contributed by atoms with Gasteiger partial charge in [0.1, 0.15) is 0 Å². The standard InChI is InChI=1S/C12H13NO4S/c14-12(15)10-3-1-9(2-4-10)7-13-11-5-6-18(16,17)8-11/h1-4,7,11H,5-6,8H2,(H,14,15)/t11-/m0/s1. The molecular formula is C12H13NO4S. The van der Waals surface area contributed by atoms with Crippen LogP contribution in [0.1, 0.15) is 22.3 Å². The molecule has 0 unspecified atom stereocenters. The summed E-state index contributed by atoms with van der Waals surface area (Å²) in [6.45, 7) is 0. The lowest BCUT2D eigenvalue weighted by atomic mass is 10.1. The van der Waals surface area contributed by atoms with E-state index in [2.05, 4.69) is 4.99 Å². The number of sulfone groups is 1. The Balaban J connectivity index is 2.03. The molecule has 0 aromatic heterocycles. The number of carboxylic acid groups (broad SMARTS) is 1. The van der Waals surface area contributed by atoms with Gasteiger partial charge in [-0.1, -0.05) is 12.1 Å². The van der Waals surface area contributed by atoms with E-state index in [1.54, 1.807) is 18.3 Å². The minimum Gasteiger partial charge on any atom is -0.478 e. The van der Waals surface area contributed by atoms with Crippen molar-refractivity contribution in [2.75, 3.05) is 11.5 Å². The Bertz CT molecular complexity index is 575. The molecule has 1 N–H and O–H groups in total. The summed E-state index contributed by atoms with van der Waals surface area (Å²) in [4.78, 5) is 14.9.